The van der Waals surface area contributed by atoms with E-state index in [0.29, 0.717) is 15.6 Å². The van der Waals surface area contributed by atoms with Crippen LogP contribution in [0.3, 0.4) is 0 Å². The molecule has 0 saturated heterocycles. The molecule has 0 aliphatic rings. The van der Waals surface area contributed by atoms with Crippen LogP contribution in [0.25, 0.3) is 0 Å². The fraction of sp³-hybridized carbons (Fsp3) is 0. The van der Waals surface area contributed by atoms with Gasteiger partial charge in [-0.25, -0.2) is 4.39 Å². The zero-order valence-electron chi connectivity index (χ0n) is 12.8. The summed E-state index contributed by atoms with van der Waals surface area (Å²) in [5.74, 6) is -1.35. The van der Waals surface area contributed by atoms with Gasteiger partial charge in [0.1, 0.15) is 5.82 Å². The highest BCUT2D eigenvalue weighted by Crippen LogP contribution is 2.21. The second-order valence-electron chi connectivity index (χ2n) is 5.09. The molecule has 7 heteroatoms. The van der Waals surface area contributed by atoms with Crippen LogP contribution < -0.4 is 10.6 Å². The van der Waals surface area contributed by atoms with Crippen LogP contribution in [-0.4, -0.2) is 11.8 Å². The van der Waals surface area contributed by atoms with E-state index in [2.05, 4.69) is 10.6 Å². The minimum absolute atomic E-state index is 0.00877. The number of thiophene rings is 1. The molecule has 0 unspecified atom stereocenters. The fourth-order valence-electron chi connectivity index (χ4n) is 2.13. The zero-order chi connectivity index (χ0) is 17.8. The Morgan fingerprint density at radius 3 is 2.56 bits per heavy atom. The van der Waals surface area contributed by atoms with Crippen LogP contribution in [-0.2, 0) is 0 Å². The van der Waals surface area contributed by atoms with Crippen LogP contribution in [0.5, 0.6) is 0 Å². The first kappa shape index (κ1) is 17.1. The van der Waals surface area contributed by atoms with Crippen molar-refractivity contribution in [2.45, 2.75) is 0 Å². The molecule has 0 radical (unpaired) electrons. The molecule has 0 fully saturated rings. The van der Waals surface area contributed by atoms with E-state index in [1.165, 1.54) is 35.6 Å². The van der Waals surface area contributed by atoms with Crippen molar-refractivity contribution in [3.63, 3.8) is 0 Å². The Labute approximate surface area is 152 Å². The Kier molecular flexibility index (Phi) is 5.11. The van der Waals surface area contributed by atoms with Gasteiger partial charge in [0.2, 0.25) is 0 Å². The average Bonchev–Trinajstić information content (AvgIpc) is 3.13. The summed E-state index contributed by atoms with van der Waals surface area (Å²) in [5.41, 5.74) is 0.742. The van der Waals surface area contributed by atoms with Crippen molar-refractivity contribution in [2.24, 2.45) is 0 Å². The van der Waals surface area contributed by atoms with Gasteiger partial charge in [0.25, 0.3) is 11.8 Å². The number of benzene rings is 2. The van der Waals surface area contributed by atoms with Crippen LogP contribution in [0.2, 0.25) is 5.02 Å². The number of hydrogen-bond donors (Lipinski definition) is 2. The Hall–Kier alpha value is -2.70. The molecule has 0 spiro atoms. The molecule has 126 valence electrons. The van der Waals surface area contributed by atoms with Gasteiger partial charge in [-0.05, 0) is 47.8 Å². The molecule has 25 heavy (non-hydrogen) atoms. The molecule has 2 aromatic carbocycles. The van der Waals surface area contributed by atoms with Crippen molar-refractivity contribution in [1.82, 2.24) is 0 Å². The lowest BCUT2D eigenvalue weighted by Crippen LogP contribution is -2.14. The van der Waals surface area contributed by atoms with Crippen molar-refractivity contribution >= 4 is 46.1 Å². The van der Waals surface area contributed by atoms with Gasteiger partial charge in [0, 0.05) is 16.3 Å². The Morgan fingerprint density at radius 1 is 0.960 bits per heavy atom. The third-order valence-corrected chi connectivity index (χ3v) is 4.41. The molecule has 4 nitrogen and oxygen atoms in total. The molecule has 2 amide bonds. The van der Waals surface area contributed by atoms with Gasteiger partial charge < -0.3 is 10.6 Å². The summed E-state index contributed by atoms with van der Waals surface area (Å²) in [5, 5.41) is 7.30. The highest BCUT2D eigenvalue weighted by Gasteiger charge is 2.12. The number of hydrogen-bond acceptors (Lipinski definition) is 3. The number of rotatable bonds is 4. The van der Waals surface area contributed by atoms with E-state index < -0.39 is 11.7 Å². The van der Waals surface area contributed by atoms with Crippen LogP contribution in [0, 0.1) is 5.82 Å². The maximum absolute atomic E-state index is 13.7. The average molecular weight is 375 g/mol. The maximum Gasteiger partial charge on any atom is 0.265 e. The molecule has 0 bridgehead atoms. The summed E-state index contributed by atoms with van der Waals surface area (Å²) in [4.78, 5) is 24.9. The maximum atomic E-state index is 13.7. The van der Waals surface area contributed by atoms with E-state index >= 15 is 0 Å². The largest absolute Gasteiger partial charge is 0.321 e. The third-order valence-electron chi connectivity index (χ3n) is 3.30. The predicted molar refractivity (Wildman–Crippen MR) is 98.1 cm³/mol. The first-order valence-electron chi connectivity index (χ1n) is 7.24. The Balaban J connectivity index is 1.75. The van der Waals surface area contributed by atoms with Crippen molar-refractivity contribution in [3.05, 3.63) is 81.3 Å². The van der Waals surface area contributed by atoms with Crippen molar-refractivity contribution in [3.8, 4) is 0 Å². The molecule has 0 aliphatic heterocycles. The van der Waals surface area contributed by atoms with Gasteiger partial charge in [-0.3, -0.25) is 9.59 Å². The fourth-order valence-corrected chi connectivity index (χ4v) is 2.92. The normalized spacial score (nSPS) is 10.3. The number of anilines is 2. The highest BCUT2D eigenvalue weighted by atomic mass is 35.5. The van der Waals surface area contributed by atoms with Crippen LogP contribution in [0.15, 0.2) is 60.0 Å². The number of carbonyl (C=O) groups excluding carboxylic acids is 2. The van der Waals surface area contributed by atoms with Gasteiger partial charge in [-0.2, -0.15) is 0 Å². The van der Waals surface area contributed by atoms with E-state index in [-0.39, 0.29) is 17.2 Å². The van der Waals surface area contributed by atoms with Gasteiger partial charge in [-0.15, -0.1) is 11.3 Å². The second kappa shape index (κ2) is 7.46. The zero-order valence-corrected chi connectivity index (χ0v) is 14.3. The molecule has 0 aliphatic carbocycles. The van der Waals surface area contributed by atoms with Gasteiger partial charge in [0.05, 0.1) is 10.6 Å². The van der Waals surface area contributed by atoms with E-state index in [1.54, 1.807) is 35.7 Å². The van der Waals surface area contributed by atoms with Crippen LogP contribution in [0.1, 0.15) is 20.0 Å². The molecule has 1 aromatic heterocycles. The van der Waals surface area contributed by atoms with E-state index in [0.717, 1.165) is 0 Å². The van der Waals surface area contributed by atoms with Crippen molar-refractivity contribution in [2.75, 3.05) is 10.6 Å². The van der Waals surface area contributed by atoms with Crippen LogP contribution in [0.4, 0.5) is 15.8 Å². The molecule has 3 aromatic rings. The predicted octanol–water partition coefficient (Wildman–Crippen LogP) is 5.05. The number of amides is 2. The molecular formula is C18H12ClFN2O2S. The van der Waals surface area contributed by atoms with Crippen LogP contribution >= 0.6 is 22.9 Å². The summed E-state index contributed by atoms with van der Waals surface area (Å²) in [6.45, 7) is 0. The lowest BCUT2D eigenvalue weighted by Gasteiger charge is -2.09. The number of nitrogens with one attached hydrogen (secondary N) is 2. The van der Waals surface area contributed by atoms with E-state index in [4.69, 9.17) is 11.6 Å². The topological polar surface area (TPSA) is 58.2 Å². The summed E-state index contributed by atoms with van der Waals surface area (Å²) in [6, 6.07) is 13.8. The smallest absolute Gasteiger partial charge is 0.265 e. The summed E-state index contributed by atoms with van der Waals surface area (Å²) >= 11 is 7.13. The van der Waals surface area contributed by atoms with Gasteiger partial charge >= 0.3 is 0 Å². The monoisotopic (exact) mass is 374 g/mol. The Bertz CT molecular complexity index is 929. The third kappa shape index (κ3) is 4.23. The van der Waals surface area contributed by atoms with Crippen molar-refractivity contribution < 1.29 is 14.0 Å². The molecule has 1 heterocycles. The molecule has 3 rings (SSSR count). The highest BCUT2D eigenvalue weighted by molar-refractivity contribution is 7.12. The van der Waals surface area contributed by atoms with Gasteiger partial charge in [-0.1, -0.05) is 23.7 Å². The summed E-state index contributed by atoms with van der Waals surface area (Å²) < 4.78 is 13.7. The summed E-state index contributed by atoms with van der Waals surface area (Å²) in [6.07, 6.45) is 0. The minimum atomic E-state index is -0.583. The standard InChI is InChI=1S/C18H12ClFN2O2S/c19-12-6-7-14(20)15(10-12)22-17(23)11-3-1-4-13(9-11)21-18(24)16-5-2-8-25-16/h1-10H,(H,21,24)(H,22,23). The number of carbonyl (C=O) groups is 2. The Morgan fingerprint density at radius 2 is 1.80 bits per heavy atom. The summed E-state index contributed by atoms with van der Waals surface area (Å²) in [7, 11) is 0. The van der Waals surface area contributed by atoms with Crippen molar-refractivity contribution in [1.29, 1.82) is 0 Å². The quantitative estimate of drug-likeness (QED) is 0.671. The first-order chi connectivity index (χ1) is 12.0. The first-order valence-corrected chi connectivity index (χ1v) is 8.50. The molecule has 0 saturated carbocycles. The van der Waals surface area contributed by atoms with Gasteiger partial charge in [0.15, 0.2) is 0 Å². The number of halogens is 2. The molecule has 0 atom stereocenters. The lowest BCUT2D eigenvalue weighted by atomic mass is 10.1. The molecule has 2 N–H and O–H groups in total. The molecular weight excluding hydrogens is 363 g/mol. The van der Waals surface area contributed by atoms with E-state index in [1.807, 2.05) is 0 Å². The second-order valence-corrected chi connectivity index (χ2v) is 6.47. The van der Waals surface area contributed by atoms with E-state index in [9.17, 15) is 14.0 Å². The lowest BCUT2D eigenvalue weighted by molar-refractivity contribution is 0.101. The SMILES string of the molecule is O=C(Nc1cc(Cl)ccc1F)c1cccc(NC(=O)c2cccs2)c1. The minimum Gasteiger partial charge on any atom is -0.321 e.